The molecular formula is C12H26N2. The van der Waals surface area contributed by atoms with Gasteiger partial charge in [0.05, 0.1) is 0 Å². The van der Waals surface area contributed by atoms with Gasteiger partial charge in [-0.2, -0.15) is 0 Å². The standard InChI is InChI=1S/C12H26N2/c1-5-12(8-6-7-9-12)10(14-13)11(2,3)4/h10,14H,5-9,13H2,1-4H3. The van der Waals surface area contributed by atoms with E-state index in [1.165, 1.54) is 32.1 Å². The van der Waals surface area contributed by atoms with Gasteiger partial charge >= 0.3 is 0 Å². The summed E-state index contributed by atoms with van der Waals surface area (Å²) in [6.45, 7) is 9.16. The van der Waals surface area contributed by atoms with Crippen molar-refractivity contribution in [2.24, 2.45) is 16.7 Å². The second kappa shape index (κ2) is 4.19. The van der Waals surface area contributed by atoms with E-state index in [0.29, 0.717) is 11.5 Å². The number of nitrogens with one attached hydrogen (secondary N) is 1. The first-order valence-corrected chi connectivity index (χ1v) is 5.92. The molecule has 3 N–H and O–H groups in total. The Labute approximate surface area is 88.6 Å². The molecule has 0 aromatic carbocycles. The Hall–Kier alpha value is -0.0800. The van der Waals surface area contributed by atoms with Crippen molar-refractivity contribution in [1.29, 1.82) is 0 Å². The molecule has 0 aromatic heterocycles. The maximum Gasteiger partial charge on any atom is 0.0315 e. The summed E-state index contributed by atoms with van der Waals surface area (Å²) in [5.74, 6) is 5.75. The van der Waals surface area contributed by atoms with Gasteiger partial charge in [-0.25, -0.2) is 0 Å². The van der Waals surface area contributed by atoms with Crippen LogP contribution < -0.4 is 11.3 Å². The number of hydrazine groups is 1. The zero-order valence-electron chi connectivity index (χ0n) is 10.2. The Morgan fingerprint density at radius 3 is 2.07 bits per heavy atom. The minimum atomic E-state index is 0.259. The molecule has 0 amide bonds. The van der Waals surface area contributed by atoms with Gasteiger partial charge in [0.2, 0.25) is 0 Å². The predicted molar refractivity (Wildman–Crippen MR) is 61.8 cm³/mol. The Morgan fingerprint density at radius 2 is 1.79 bits per heavy atom. The van der Waals surface area contributed by atoms with Crippen LogP contribution in [0.3, 0.4) is 0 Å². The molecule has 1 atom stereocenters. The van der Waals surface area contributed by atoms with Crippen LogP contribution in [0.25, 0.3) is 0 Å². The van der Waals surface area contributed by atoms with Gasteiger partial charge in [0.15, 0.2) is 0 Å². The fourth-order valence-corrected chi connectivity index (χ4v) is 3.27. The van der Waals surface area contributed by atoms with Gasteiger partial charge in [-0.3, -0.25) is 11.3 Å². The molecule has 0 heterocycles. The zero-order chi connectivity index (χ0) is 10.8. The summed E-state index contributed by atoms with van der Waals surface area (Å²) < 4.78 is 0. The van der Waals surface area contributed by atoms with Gasteiger partial charge < -0.3 is 0 Å². The molecule has 1 fully saturated rings. The first kappa shape index (κ1) is 12.0. The van der Waals surface area contributed by atoms with Crippen LogP contribution in [0.15, 0.2) is 0 Å². The Morgan fingerprint density at radius 1 is 1.29 bits per heavy atom. The monoisotopic (exact) mass is 198 g/mol. The van der Waals surface area contributed by atoms with E-state index in [2.05, 4.69) is 33.1 Å². The molecule has 14 heavy (non-hydrogen) atoms. The van der Waals surface area contributed by atoms with E-state index < -0.39 is 0 Å². The average Bonchev–Trinajstić information content (AvgIpc) is 2.53. The van der Waals surface area contributed by atoms with E-state index in [0.717, 1.165) is 0 Å². The number of nitrogens with two attached hydrogens (primary N) is 1. The minimum absolute atomic E-state index is 0.259. The van der Waals surface area contributed by atoms with Crippen molar-refractivity contribution in [2.75, 3.05) is 0 Å². The zero-order valence-corrected chi connectivity index (χ0v) is 10.2. The Kier molecular flexibility index (Phi) is 3.59. The second-order valence-corrected chi connectivity index (χ2v) is 5.89. The summed E-state index contributed by atoms with van der Waals surface area (Å²) in [6.07, 6.45) is 6.69. The van der Waals surface area contributed by atoms with Gasteiger partial charge in [0.25, 0.3) is 0 Å². The maximum absolute atomic E-state index is 5.75. The highest BCUT2D eigenvalue weighted by Gasteiger charge is 2.44. The van der Waals surface area contributed by atoms with Crippen LogP contribution in [0.2, 0.25) is 0 Å². The fourth-order valence-electron chi connectivity index (χ4n) is 3.27. The molecule has 1 aliphatic rings. The van der Waals surface area contributed by atoms with Crippen molar-refractivity contribution in [3.63, 3.8) is 0 Å². The Bertz CT molecular complexity index is 175. The molecule has 1 saturated carbocycles. The largest absolute Gasteiger partial charge is 0.271 e. The van der Waals surface area contributed by atoms with Crippen LogP contribution >= 0.6 is 0 Å². The number of rotatable bonds is 3. The maximum atomic E-state index is 5.75. The van der Waals surface area contributed by atoms with Gasteiger partial charge in [0.1, 0.15) is 0 Å². The lowest BCUT2D eigenvalue weighted by Crippen LogP contribution is -2.54. The predicted octanol–water partition coefficient (Wildman–Crippen LogP) is 2.83. The molecule has 2 nitrogen and oxygen atoms in total. The quantitative estimate of drug-likeness (QED) is 0.540. The van der Waals surface area contributed by atoms with Crippen LogP contribution in [0.4, 0.5) is 0 Å². The van der Waals surface area contributed by atoms with Crippen molar-refractivity contribution in [1.82, 2.24) is 5.43 Å². The van der Waals surface area contributed by atoms with Gasteiger partial charge in [-0.15, -0.1) is 0 Å². The lowest BCUT2D eigenvalue weighted by Gasteiger charge is -2.44. The van der Waals surface area contributed by atoms with Crippen molar-refractivity contribution in [3.05, 3.63) is 0 Å². The van der Waals surface area contributed by atoms with Crippen molar-refractivity contribution in [3.8, 4) is 0 Å². The van der Waals surface area contributed by atoms with E-state index in [-0.39, 0.29) is 5.41 Å². The molecule has 84 valence electrons. The van der Waals surface area contributed by atoms with Crippen LogP contribution in [0.5, 0.6) is 0 Å². The van der Waals surface area contributed by atoms with Gasteiger partial charge in [0, 0.05) is 6.04 Å². The molecule has 1 aliphatic carbocycles. The van der Waals surface area contributed by atoms with E-state index in [1.807, 2.05) is 0 Å². The molecule has 0 radical (unpaired) electrons. The third-order valence-corrected chi connectivity index (χ3v) is 3.95. The van der Waals surface area contributed by atoms with Gasteiger partial charge in [-0.05, 0) is 30.1 Å². The van der Waals surface area contributed by atoms with E-state index in [4.69, 9.17) is 5.84 Å². The van der Waals surface area contributed by atoms with Gasteiger partial charge in [-0.1, -0.05) is 40.5 Å². The highest BCUT2D eigenvalue weighted by atomic mass is 15.2. The van der Waals surface area contributed by atoms with Crippen LogP contribution in [-0.4, -0.2) is 6.04 Å². The molecule has 1 rings (SSSR count). The highest BCUT2D eigenvalue weighted by Crippen LogP contribution is 2.48. The van der Waals surface area contributed by atoms with Crippen molar-refractivity contribution < 1.29 is 0 Å². The lowest BCUT2D eigenvalue weighted by atomic mass is 9.66. The second-order valence-electron chi connectivity index (χ2n) is 5.89. The highest BCUT2D eigenvalue weighted by molar-refractivity contribution is 4.98. The van der Waals surface area contributed by atoms with Crippen LogP contribution in [0.1, 0.15) is 59.8 Å². The molecule has 0 bridgehead atoms. The third-order valence-electron chi connectivity index (χ3n) is 3.95. The summed E-state index contributed by atoms with van der Waals surface area (Å²) in [6, 6.07) is 0.447. The molecule has 0 saturated heterocycles. The molecule has 1 unspecified atom stereocenters. The minimum Gasteiger partial charge on any atom is -0.271 e. The van der Waals surface area contributed by atoms with E-state index in [9.17, 15) is 0 Å². The van der Waals surface area contributed by atoms with Crippen molar-refractivity contribution in [2.45, 2.75) is 65.8 Å². The van der Waals surface area contributed by atoms with E-state index >= 15 is 0 Å². The van der Waals surface area contributed by atoms with Crippen LogP contribution in [-0.2, 0) is 0 Å². The summed E-state index contributed by atoms with van der Waals surface area (Å²) >= 11 is 0. The molecule has 0 aliphatic heterocycles. The number of hydrogen-bond acceptors (Lipinski definition) is 2. The fraction of sp³-hybridized carbons (Fsp3) is 1.00. The summed E-state index contributed by atoms with van der Waals surface area (Å²) in [5, 5.41) is 0. The summed E-state index contributed by atoms with van der Waals surface area (Å²) in [5.41, 5.74) is 3.79. The van der Waals surface area contributed by atoms with Crippen LogP contribution in [0, 0.1) is 10.8 Å². The smallest absolute Gasteiger partial charge is 0.0315 e. The first-order chi connectivity index (χ1) is 6.46. The number of hydrogen-bond donors (Lipinski definition) is 2. The molecular weight excluding hydrogens is 172 g/mol. The topological polar surface area (TPSA) is 38.0 Å². The average molecular weight is 198 g/mol. The first-order valence-electron chi connectivity index (χ1n) is 5.92. The van der Waals surface area contributed by atoms with E-state index in [1.54, 1.807) is 0 Å². The summed E-state index contributed by atoms with van der Waals surface area (Å²) in [7, 11) is 0. The van der Waals surface area contributed by atoms with Crippen molar-refractivity contribution >= 4 is 0 Å². The summed E-state index contributed by atoms with van der Waals surface area (Å²) in [4.78, 5) is 0. The SMILES string of the molecule is CCC1(C(NN)C(C)(C)C)CCCC1. The third kappa shape index (κ3) is 2.12. The lowest BCUT2D eigenvalue weighted by molar-refractivity contribution is 0.0922. The molecule has 0 aromatic rings. The Balaban J connectivity index is 2.85. The normalized spacial score (nSPS) is 23.8. The molecule has 0 spiro atoms. The molecule has 2 heteroatoms.